The van der Waals surface area contributed by atoms with Gasteiger partial charge in [0, 0.05) is 10.9 Å². The van der Waals surface area contributed by atoms with E-state index in [9.17, 15) is 9.59 Å². The summed E-state index contributed by atoms with van der Waals surface area (Å²) >= 11 is 3.40. The Hall–Kier alpha value is -2.14. The van der Waals surface area contributed by atoms with Gasteiger partial charge < -0.3 is 9.47 Å². The zero-order valence-electron chi connectivity index (χ0n) is 17.0. The molecule has 29 heavy (non-hydrogen) atoms. The van der Waals surface area contributed by atoms with Crippen LogP contribution in [-0.2, 0) is 15.9 Å². The van der Waals surface area contributed by atoms with Gasteiger partial charge in [0.25, 0.3) is 0 Å². The van der Waals surface area contributed by atoms with Crippen LogP contribution in [0.3, 0.4) is 0 Å². The number of carbonyl (C=O) groups is 2. The maximum atomic E-state index is 12.5. The summed E-state index contributed by atoms with van der Waals surface area (Å²) in [5.74, 6) is -0.978. The number of esters is 2. The van der Waals surface area contributed by atoms with Crippen LogP contribution < -0.4 is 0 Å². The first-order valence-electron chi connectivity index (χ1n) is 10.3. The summed E-state index contributed by atoms with van der Waals surface area (Å²) in [5.41, 5.74) is 1.58. The van der Waals surface area contributed by atoms with Crippen molar-refractivity contribution in [2.75, 3.05) is 13.2 Å². The van der Waals surface area contributed by atoms with Crippen LogP contribution in [0.2, 0.25) is 0 Å². The summed E-state index contributed by atoms with van der Waals surface area (Å²) in [6, 6.07) is 14.5. The van der Waals surface area contributed by atoms with E-state index in [0.29, 0.717) is 13.0 Å². The fraction of sp³-hybridized carbons (Fsp3) is 0.417. The van der Waals surface area contributed by atoms with Crippen molar-refractivity contribution in [3.63, 3.8) is 0 Å². The minimum absolute atomic E-state index is 0.247. The minimum atomic E-state index is -0.505. The van der Waals surface area contributed by atoms with Gasteiger partial charge in [-0.25, -0.2) is 9.59 Å². The largest absolute Gasteiger partial charge is 0.462 e. The number of hydrogen-bond acceptors (Lipinski definition) is 4. The molecule has 0 saturated carbocycles. The molecule has 0 N–H and O–H groups in total. The number of ether oxygens (including phenoxy) is 2. The lowest BCUT2D eigenvalue weighted by Gasteiger charge is -2.10. The highest BCUT2D eigenvalue weighted by molar-refractivity contribution is 9.10. The Morgan fingerprint density at radius 3 is 1.93 bits per heavy atom. The molecular weight excluding hydrogens is 432 g/mol. The van der Waals surface area contributed by atoms with Gasteiger partial charge in [-0.1, -0.05) is 79.2 Å². The van der Waals surface area contributed by atoms with Gasteiger partial charge in [-0.05, 0) is 36.2 Å². The van der Waals surface area contributed by atoms with Crippen molar-refractivity contribution in [3.05, 3.63) is 69.7 Å². The number of halogens is 1. The van der Waals surface area contributed by atoms with Crippen molar-refractivity contribution in [2.45, 2.75) is 51.9 Å². The van der Waals surface area contributed by atoms with Gasteiger partial charge in [0.05, 0.1) is 24.3 Å². The smallest absolute Gasteiger partial charge is 0.339 e. The highest BCUT2D eigenvalue weighted by Gasteiger charge is 2.18. The van der Waals surface area contributed by atoms with Crippen LogP contribution in [0.25, 0.3) is 0 Å². The molecular formula is C24H29BrO4. The molecule has 0 aliphatic heterocycles. The summed E-state index contributed by atoms with van der Waals surface area (Å²) in [4.78, 5) is 24.9. The second kappa shape index (κ2) is 13.2. The van der Waals surface area contributed by atoms with Crippen molar-refractivity contribution in [2.24, 2.45) is 0 Å². The van der Waals surface area contributed by atoms with Gasteiger partial charge in [0.2, 0.25) is 0 Å². The topological polar surface area (TPSA) is 52.6 Å². The molecule has 0 unspecified atom stereocenters. The van der Waals surface area contributed by atoms with E-state index in [1.165, 1.54) is 19.3 Å². The molecule has 0 aliphatic rings. The molecule has 0 atom stereocenters. The van der Waals surface area contributed by atoms with E-state index in [2.05, 4.69) is 22.9 Å². The van der Waals surface area contributed by atoms with Crippen LogP contribution in [-0.4, -0.2) is 25.2 Å². The van der Waals surface area contributed by atoms with E-state index in [1.54, 1.807) is 24.3 Å². The van der Waals surface area contributed by atoms with Gasteiger partial charge >= 0.3 is 11.9 Å². The minimum Gasteiger partial charge on any atom is -0.462 e. The average molecular weight is 461 g/mol. The molecule has 2 aromatic carbocycles. The molecule has 0 bridgehead atoms. The highest BCUT2D eigenvalue weighted by atomic mass is 79.9. The van der Waals surface area contributed by atoms with Gasteiger partial charge in [0.1, 0.15) is 0 Å². The normalized spacial score (nSPS) is 10.6. The first-order valence-corrected chi connectivity index (χ1v) is 11.1. The second-order valence-electron chi connectivity index (χ2n) is 6.96. The van der Waals surface area contributed by atoms with Crippen LogP contribution in [0.4, 0.5) is 0 Å². The van der Waals surface area contributed by atoms with Crippen molar-refractivity contribution in [1.29, 1.82) is 0 Å². The van der Waals surface area contributed by atoms with Crippen molar-refractivity contribution < 1.29 is 19.1 Å². The highest BCUT2D eigenvalue weighted by Crippen LogP contribution is 2.14. The molecule has 156 valence electrons. The fourth-order valence-electron chi connectivity index (χ4n) is 2.95. The Morgan fingerprint density at radius 2 is 1.31 bits per heavy atom. The Kier molecular flexibility index (Phi) is 10.5. The van der Waals surface area contributed by atoms with E-state index in [-0.39, 0.29) is 17.7 Å². The maximum absolute atomic E-state index is 12.5. The summed E-state index contributed by atoms with van der Waals surface area (Å²) in [5, 5.41) is 0. The second-order valence-corrected chi connectivity index (χ2v) is 7.88. The molecule has 0 spiro atoms. The van der Waals surface area contributed by atoms with Crippen LogP contribution in [0, 0.1) is 0 Å². The van der Waals surface area contributed by atoms with E-state index in [4.69, 9.17) is 9.47 Å². The molecule has 0 amide bonds. The number of benzene rings is 2. The zero-order valence-corrected chi connectivity index (χ0v) is 18.6. The number of rotatable bonds is 12. The molecule has 2 rings (SSSR count). The fourth-order valence-corrected chi connectivity index (χ4v) is 3.22. The molecule has 5 heteroatoms. The third-order valence-corrected chi connectivity index (χ3v) is 5.16. The van der Waals surface area contributed by atoms with E-state index >= 15 is 0 Å². The van der Waals surface area contributed by atoms with Gasteiger partial charge in [-0.3, -0.25) is 0 Å². The number of carbonyl (C=O) groups excluding carboxylic acids is 2. The first kappa shape index (κ1) is 23.1. The zero-order chi connectivity index (χ0) is 20.9. The quantitative estimate of drug-likeness (QED) is 0.272. The lowest BCUT2D eigenvalue weighted by molar-refractivity contribution is 0.0456. The molecule has 0 fully saturated rings. The van der Waals surface area contributed by atoms with E-state index in [1.807, 2.05) is 24.3 Å². The maximum Gasteiger partial charge on any atom is 0.339 e. The van der Waals surface area contributed by atoms with Crippen LogP contribution in [0.5, 0.6) is 0 Å². The van der Waals surface area contributed by atoms with E-state index in [0.717, 1.165) is 29.3 Å². The lowest BCUT2D eigenvalue weighted by atomic mass is 10.1. The van der Waals surface area contributed by atoms with Gasteiger partial charge in [-0.2, -0.15) is 0 Å². The Labute approximate surface area is 181 Å². The SMILES string of the molecule is CCCCCCCCOC(=O)c1ccccc1C(=O)OCCc1ccc(Br)cc1. The third kappa shape index (κ3) is 8.40. The average Bonchev–Trinajstić information content (AvgIpc) is 2.74. The Balaban J connectivity index is 1.80. The van der Waals surface area contributed by atoms with E-state index < -0.39 is 11.9 Å². The van der Waals surface area contributed by atoms with Crippen LogP contribution >= 0.6 is 15.9 Å². The van der Waals surface area contributed by atoms with Gasteiger partial charge in [0.15, 0.2) is 0 Å². The standard InChI is InChI=1S/C24H29BrO4/c1-2-3-4-5-6-9-17-28-23(26)21-10-7-8-11-22(21)24(27)29-18-16-19-12-14-20(25)15-13-19/h7-8,10-15H,2-6,9,16-18H2,1H3. The molecule has 0 radical (unpaired) electrons. The Bertz CT molecular complexity index is 771. The van der Waals surface area contributed by atoms with Gasteiger partial charge in [-0.15, -0.1) is 0 Å². The first-order chi connectivity index (χ1) is 14.1. The molecule has 2 aromatic rings. The molecule has 0 heterocycles. The molecule has 0 aromatic heterocycles. The summed E-state index contributed by atoms with van der Waals surface area (Å²) in [7, 11) is 0. The summed E-state index contributed by atoms with van der Waals surface area (Å²) in [6.07, 6.45) is 7.35. The Morgan fingerprint density at radius 1 is 0.759 bits per heavy atom. The predicted octanol–water partition coefficient (Wildman–Crippen LogP) is 6.37. The summed E-state index contributed by atoms with van der Waals surface area (Å²) in [6.45, 7) is 2.81. The van der Waals surface area contributed by atoms with Crippen molar-refractivity contribution in [1.82, 2.24) is 0 Å². The number of unbranched alkanes of at least 4 members (excludes halogenated alkanes) is 5. The van der Waals surface area contributed by atoms with Crippen molar-refractivity contribution in [3.8, 4) is 0 Å². The predicted molar refractivity (Wildman–Crippen MR) is 118 cm³/mol. The van der Waals surface area contributed by atoms with Crippen LogP contribution in [0.15, 0.2) is 53.0 Å². The number of hydrogen-bond donors (Lipinski definition) is 0. The van der Waals surface area contributed by atoms with Crippen LogP contribution in [0.1, 0.15) is 71.7 Å². The third-order valence-electron chi connectivity index (χ3n) is 4.64. The molecule has 4 nitrogen and oxygen atoms in total. The summed E-state index contributed by atoms with van der Waals surface area (Å²) < 4.78 is 11.7. The molecule has 0 aliphatic carbocycles. The lowest BCUT2D eigenvalue weighted by Crippen LogP contribution is -2.15. The molecule has 0 saturated heterocycles. The van der Waals surface area contributed by atoms with Crippen molar-refractivity contribution >= 4 is 27.9 Å². The monoisotopic (exact) mass is 460 g/mol.